The molecule has 0 saturated carbocycles. The molecule has 0 amide bonds. The predicted octanol–water partition coefficient (Wildman–Crippen LogP) is 2.10. The van der Waals surface area contributed by atoms with Gasteiger partial charge in [0.25, 0.3) is 0 Å². The van der Waals surface area contributed by atoms with Crippen LogP contribution in [0.3, 0.4) is 0 Å². The van der Waals surface area contributed by atoms with Crippen LogP contribution in [-0.4, -0.2) is 31.8 Å². The molecule has 2 rings (SSSR count). The zero-order valence-electron chi connectivity index (χ0n) is 11.4. The Morgan fingerprint density at radius 3 is 2.78 bits per heavy atom. The highest BCUT2D eigenvalue weighted by Gasteiger charge is 2.17. The third kappa shape index (κ3) is 4.09. The van der Waals surface area contributed by atoms with Gasteiger partial charge in [-0.2, -0.15) is 0 Å². The second kappa shape index (κ2) is 6.88. The van der Waals surface area contributed by atoms with Gasteiger partial charge >= 0.3 is 0 Å². The van der Waals surface area contributed by atoms with Crippen molar-refractivity contribution in [2.45, 2.75) is 38.4 Å². The standard InChI is InChI=1S/C15H24N2O/c1-12(10-15-11-18-9-8-16-15)17-13(2)14-6-4-3-5-7-14/h3-7,12-13,15-17H,8-11H2,1-2H3/t12?,13-,15?/m0/s1. The number of rotatable bonds is 5. The van der Waals surface area contributed by atoms with Crippen LogP contribution in [0.15, 0.2) is 30.3 Å². The van der Waals surface area contributed by atoms with E-state index in [1.807, 2.05) is 0 Å². The zero-order chi connectivity index (χ0) is 12.8. The van der Waals surface area contributed by atoms with Gasteiger partial charge in [0, 0.05) is 24.7 Å². The molecule has 1 aromatic carbocycles. The van der Waals surface area contributed by atoms with E-state index in [1.165, 1.54) is 5.56 Å². The number of nitrogens with one attached hydrogen (secondary N) is 2. The van der Waals surface area contributed by atoms with Crippen molar-refractivity contribution >= 4 is 0 Å². The van der Waals surface area contributed by atoms with Crippen LogP contribution >= 0.6 is 0 Å². The van der Waals surface area contributed by atoms with Crippen molar-refractivity contribution in [2.75, 3.05) is 19.8 Å². The average molecular weight is 248 g/mol. The third-order valence-corrected chi connectivity index (χ3v) is 3.47. The Morgan fingerprint density at radius 2 is 2.11 bits per heavy atom. The van der Waals surface area contributed by atoms with Crippen LogP contribution < -0.4 is 10.6 Å². The average Bonchev–Trinajstić information content (AvgIpc) is 2.40. The monoisotopic (exact) mass is 248 g/mol. The molecule has 0 spiro atoms. The molecule has 0 radical (unpaired) electrons. The summed E-state index contributed by atoms with van der Waals surface area (Å²) in [5.74, 6) is 0. The van der Waals surface area contributed by atoms with Gasteiger partial charge in [-0.05, 0) is 25.8 Å². The van der Waals surface area contributed by atoms with Crippen LogP contribution in [0.2, 0.25) is 0 Å². The van der Waals surface area contributed by atoms with E-state index in [9.17, 15) is 0 Å². The van der Waals surface area contributed by atoms with E-state index in [0.717, 1.165) is 26.2 Å². The first-order valence-electron chi connectivity index (χ1n) is 6.88. The third-order valence-electron chi connectivity index (χ3n) is 3.47. The summed E-state index contributed by atoms with van der Waals surface area (Å²) < 4.78 is 5.48. The molecular formula is C15H24N2O. The van der Waals surface area contributed by atoms with Crippen molar-refractivity contribution in [1.82, 2.24) is 10.6 Å². The lowest BCUT2D eigenvalue weighted by Gasteiger charge is -2.28. The van der Waals surface area contributed by atoms with E-state index in [0.29, 0.717) is 18.1 Å². The lowest BCUT2D eigenvalue weighted by Crippen LogP contribution is -2.45. The smallest absolute Gasteiger partial charge is 0.0620 e. The first-order chi connectivity index (χ1) is 8.75. The fraction of sp³-hybridized carbons (Fsp3) is 0.600. The highest BCUT2D eigenvalue weighted by Crippen LogP contribution is 2.13. The molecule has 0 aromatic heterocycles. The maximum atomic E-state index is 5.48. The maximum Gasteiger partial charge on any atom is 0.0620 e. The number of benzene rings is 1. The van der Waals surface area contributed by atoms with E-state index >= 15 is 0 Å². The minimum Gasteiger partial charge on any atom is -0.379 e. The van der Waals surface area contributed by atoms with E-state index in [4.69, 9.17) is 4.74 Å². The van der Waals surface area contributed by atoms with Gasteiger partial charge in [-0.1, -0.05) is 30.3 Å². The Morgan fingerprint density at radius 1 is 1.33 bits per heavy atom. The van der Waals surface area contributed by atoms with E-state index in [-0.39, 0.29) is 0 Å². The summed E-state index contributed by atoms with van der Waals surface area (Å²) in [5.41, 5.74) is 1.34. The quantitative estimate of drug-likeness (QED) is 0.837. The molecule has 2 N–H and O–H groups in total. The van der Waals surface area contributed by atoms with Crippen molar-refractivity contribution in [1.29, 1.82) is 0 Å². The number of hydrogen-bond acceptors (Lipinski definition) is 3. The number of ether oxygens (including phenoxy) is 1. The molecule has 1 aliphatic rings. The molecule has 1 saturated heterocycles. The predicted molar refractivity (Wildman–Crippen MR) is 74.7 cm³/mol. The highest BCUT2D eigenvalue weighted by molar-refractivity contribution is 5.18. The Kier molecular flexibility index (Phi) is 5.17. The second-order valence-corrected chi connectivity index (χ2v) is 5.16. The van der Waals surface area contributed by atoms with Crippen molar-refractivity contribution in [3.63, 3.8) is 0 Å². The Hall–Kier alpha value is -0.900. The molecule has 1 aromatic rings. The van der Waals surface area contributed by atoms with Crippen molar-refractivity contribution in [3.8, 4) is 0 Å². The SMILES string of the molecule is CC(CC1COCCN1)N[C@@H](C)c1ccccc1. The molecule has 1 aliphatic heterocycles. The van der Waals surface area contributed by atoms with Gasteiger partial charge in [-0.3, -0.25) is 0 Å². The van der Waals surface area contributed by atoms with E-state index < -0.39 is 0 Å². The maximum absolute atomic E-state index is 5.48. The number of morpholine rings is 1. The van der Waals surface area contributed by atoms with Crippen LogP contribution in [0.4, 0.5) is 0 Å². The Bertz CT molecular complexity index is 336. The van der Waals surface area contributed by atoms with Gasteiger partial charge in [0.1, 0.15) is 0 Å². The molecule has 18 heavy (non-hydrogen) atoms. The summed E-state index contributed by atoms with van der Waals surface area (Å²) in [6.07, 6.45) is 1.11. The van der Waals surface area contributed by atoms with Crippen LogP contribution in [0.1, 0.15) is 31.9 Å². The summed E-state index contributed by atoms with van der Waals surface area (Å²) in [6.45, 7) is 7.13. The molecule has 3 nitrogen and oxygen atoms in total. The lowest BCUT2D eigenvalue weighted by molar-refractivity contribution is 0.0708. The molecule has 1 fully saturated rings. The highest BCUT2D eigenvalue weighted by atomic mass is 16.5. The van der Waals surface area contributed by atoms with Crippen LogP contribution in [0, 0.1) is 0 Å². The summed E-state index contributed by atoms with van der Waals surface area (Å²) in [5, 5.41) is 7.15. The van der Waals surface area contributed by atoms with Gasteiger partial charge in [-0.25, -0.2) is 0 Å². The first kappa shape index (κ1) is 13.5. The Labute approximate surface area is 110 Å². The number of hydrogen-bond donors (Lipinski definition) is 2. The molecule has 1 heterocycles. The fourth-order valence-electron chi connectivity index (χ4n) is 2.53. The van der Waals surface area contributed by atoms with Gasteiger partial charge in [0.15, 0.2) is 0 Å². The first-order valence-corrected chi connectivity index (χ1v) is 6.88. The normalized spacial score (nSPS) is 23.6. The summed E-state index contributed by atoms with van der Waals surface area (Å²) >= 11 is 0. The molecule has 3 heteroatoms. The van der Waals surface area contributed by atoms with Crippen molar-refractivity contribution in [3.05, 3.63) is 35.9 Å². The van der Waals surface area contributed by atoms with Gasteiger partial charge in [0.2, 0.25) is 0 Å². The molecule has 100 valence electrons. The Balaban J connectivity index is 1.78. The molecular weight excluding hydrogens is 224 g/mol. The van der Waals surface area contributed by atoms with Gasteiger partial charge in [-0.15, -0.1) is 0 Å². The topological polar surface area (TPSA) is 33.3 Å². The lowest BCUT2D eigenvalue weighted by atomic mass is 10.0. The second-order valence-electron chi connectivity index (χ2n) is 5.16. The minimum absolute atomic E-state index is 0.394. The van der Waals surface area contributed by atoms with Crippen LogP contribution in [0.5, 0.6) is 0 Å². The summed E-state index contributed by atoms with van der Waals surface area (Å²) in [4.78, 5) is 0. The molecule has 0 aliphatic carbocycles. The zero-order valence-corrected chi connectivity index (χ0v) is 11.4. The molecule has 3 atom stereocenters. The molecule has 2 unspecified atom stereocenters. The van der Waals surface area contributed by atoms with Crippen LogP contribution in [-0.2, 0) is 4.74 Å². The summed E-state index contributed by atoms with van der Waals surface area (Å²) in [7, 11) is 0. The van der Waals surface area contributed by atoms with Crippen LogP contribution in [0.25, 0.3) is 0 Å². The van der Waals surface area contributed by atoms with Gasteiger partial charge < -0.3 is 15.4 Å². The fourth-order valence-corrected chi connectivity index (χ4v) is 2.53. The van der Waals surface area contributed by atoms with E-state index in [1.54, 1.807) is 0 Å². The van der Waals surface area contributed by atoms with Gasteiger partial charge in [0.05, 0.1) is 13.2 Å². The van der Waals surface area contributed by atoms with Crippen molar-refractivity contribution < 1.29 is 4.74 Å². The largest absolute Gasteiger partial charge is 0.379 e. The summed E-state index contributed by atoms with van der Waals surface area (Å²) in [6, 6.07) is 12.0. The minimum atomic E-state index is 0.394. The van der Waals surface area contributed by atoms with E-state index in [2.05, 4.69) is 54.8 Å². The molecule has 0 bridgehead atoms. The van der Waals surface area contributed by atoms with Crippen molar-refractivity contribution in [2.24, 2.45) is 0 Å².